The van der Waals surface area contributed by atoms with Crippen molar-refractivity contribution in [3.8, 4) is 0 Å². The summed E-state index contributed by atoms with van der Waals surface area (Å²) in [5.74, 6) is -1.86. The predicted octanol–water partition coefficient (Wildman–Crippen LogP) is 2.02. The van der Waals surface area contributed by atoms with Crippen molar-refractivity contribution in [2.45, 2.75) is 32.0 Å². The van der Waals surface area contributed by atoms with Crippen molar-refractivity contribution in [1.29, 1.82) is 0 Å². The van der Waals surface area contributed by atoms with Crippen LogP contribution in [-0.2, 0) is 4.79 Å². The highest BCUT2D eigenvalue weighted by atomic mass is 19.4. The molecule has 0 radical (unpaired) electrons. The molecule has 0 bridgehead atoms. The molecule has 1 aliphatic rings. The van der Waals surface area contributed by atoms with Crippen molar-refractivity contribution in [1.82, 2.24) is 5.32 Å². The molecule has 5 heteroatoms. The van der Waals surface area contributed by atoms with Crippen molar-refractivity contribution in [2.24, 2.45) is 5.92 Å². The van der Waals surface area contributed by atoms with Gasteiger partial charge in [0, 0.05) is 13.0 Å². The van der Waals surface area contributed by atoms with Gasteiger partial charge >= 0.3 is 6.18 Å². The number of rotatable bonds is 1. The summed E-state index contributed by atoms with van der Waals surface area (Å²) < 4.78 is 37.4. The largest absolute Gasteiger partial charge is 0.394 e. The van der Waals surface area contributed by atoms with Crippen LogP contribution in [0, 0.1) is 5.92 Å². The molecule has 1 rings (SSSR count). The molecule has 0 aromatic heterocycles. The van der Waals surface area contributed by atoms with Crippen LogP contribution in [0.3, 0.4) is 0 Å². The first-order chi connectivity index (χ1) is 6.41. The number of halogens is 3. The van der Waals surface area contributed by atoms with Gasteiger partial charge < -0.3 is 5.32 Å². The zero-order valence-electron chi connectivity index (χ0n) is 7.77. The van der Waals surface area contributed by atoms with E-state index < -0.39 is 24.0 Å². The zero-order chi connectivity index (χ0) is 10.8. The minimum absolute atomic E-state index is 0.0472. The molecule has 0 heterocycles. The second kappa shape index (κ2) is 4.02. The van der Waals surface area contributed by atoms with E-state index in [0.717, 1.165) is 0 Å². The summed E-state index contributed by atoms with van der Waals surface area (Å²) >= 11 is 0. The topological polar surface area (TPSA) is 29.1 Å². The summed E-state index contributed by atoms with van der Waals surface area (Å²) in [6.45, 7) is 1.23. The van der Waals surface area contributed by atoms with Gasteiger partial charge in [0.25, 0.3) is 0 Å². The molecule has 0 saturated heterocycles. The molecule has 14 heavy (non-hydrogen) atoms. The summed E-state index contributed by atoms with van der Waals surface area (Å²) in [4.78, 5) is 10.7. The maximum Gasteiger partial charge on any atom is 0.394 e. The Morgan fingerprint density at radius 2 is 1.93 bits per heavy atom. The van der Waals surface area contributed by atoms with Gasteiger partial charge in [0.15, 0.2) is 0 Å². The standard InChI is InChI=1S/C9H12F3NO/c1-6(14)13-8-5-3-2-4-7(8)9(10,11)12/h2-3,7-8H,4-5H2,1H3,(H,13,14)/t7-,8-/m1/s1. The minimum Gasteiger partial charge on any atom is -0.353 e. The molecule has 2 nitrogen and oxygen atoms in total. The molecule has 0 spiro atoms. The Balaban J connectivity index is 2.70. The van der Waals surface area contributed by atoms with Crippen LogP contribution in [0.5, 0.6) is 0 Å². The number of allylic oxidation sites excluding steroid dienone is 1. The Bertz CT molecular complexity index is 247. The van der Waals surface area contributed by atoms with Gasteiger partial charge in [0.05, 0.1) is 5.92 Å². The third kappa shape index (κ3) is 2.75. The Labute approximate surface area is 80.2 Å². The highest BCUT2D eigenvalue weighted by Gasteiger charge is 2.44. The fourth-order valence-electron chi connectivity index (χ4n) is 1.60. The predicted molar refractivity (Wildman–Crippen MR) is 45.5 cm³/mol. The smallest absolute Gasteiger partial charge is 0.353 e. The number of amides is 1. The molecule has 0 aliphatic heterocycles. The van der Waals surface area contributed by atoms with Gasteiger partial charge in [-0.2, -0.15) is 13.2 Å². The third-order valence-electron chi connectivity index (χ3n) is 2.24. The molecule has 0 aromatic carbocycles. The van der Waals surface area contributed by atoms with E-state index in [1.807, 2.05) is 0 Å². The van der Waals surface area contributed by atoms with E-state index in [-0.39, 0.29) is 12.8 Å². The van der Waals surface area contributed by atoms with E-state index in [4.69, 9.17) is 0 Å². The van der Waals surface area contributed by atoms with Crippen molar-refractivity contribution in [3.63, 3.8) is 0 Å². The van der Waals surface area contributed by atoms with E-state index in [0.29, 0.717) is 0 Å². The van der Waals surface area contributed by atoms with Gasteiger partial charge in [-0.3, -0.25) is 4.79 Å². The lowest BCUT2D eigenvalue weighted by molar-refractivity contribution is -0.182. The maximum atomic E-state index is 12.5. The number of hydrogen-bond donors (Lipinski definition) is 1. The van der Waals surface area contributed by atoms with Crippen molar-refractivity contribution in [3.05, 3.63) is 12.2 Å². The SMILES string of the molecule is CC(=O)N[C@@H]1CC=CC[C@H]1C(F)(F)F. The van der Waals surface area contributed by atoms with Crippen molar-refractivity contribution in [2.75, 3.05) is 0 Å². The monoisotopic (exact) mass is 207 g/mol. The Morgan fingerprint density at radius 3 is 2.43 bits per heavy atom. The normalized spacial score (nSPS) is 27.4. The summed E-state index contributed by atoms with van der Waals surface area (Å²) in [7, 11) is 0. The van der Waals surface area contributed by atoms with Crippen molar-refractivity contribution < 1.29 is 18.0 Å². The van der Waals surface area contributed by atoms with Gasteiger partial charge in [-0.1, -0.05) is 12.2 Å². The van der Waals surface area contributed by atoms with Gasteiger partial charge in [0.2, 0.25) is 5.91 Å². The highest BCUT2D eigenvalue weighted by Crippen LogP contribution is 2.35. The summed E-state index contributed by atoms with van der Waals surface area (Å²) in [6, 6.07) is -0.808. The Hall–Kier alpha value is -1.00. The molecule has 1 amide bonds. The molecule has 0 saturated carbocycles. The number of hydrogen-bond acceptors (Lipinski definition) is 1. The van der Waals surface area contributed by atoms with E-state index in [1.165, 1.54) is 13.0 Å². The lowest BCUT2D eigenvalue weighted by Crippen LogP contribution is -2.46. The summed E-state index contributed by atoms with van der Waals surface area (Å²) in [6.07, 6.45) is -0.852. The van der Waals surface area contributed by atoms with Crippen LogP contribution in [0.2, 0.25) is 0 Å². The number of carbonyl (C=O) groups is 1. The summed E-state index contributed by atoms with van der Waals surface area (Å²) in [5, 5.41) is 2.33. The molecule has 0 unspecified atom stereocenters. The van der Waals surface area contributed by atoms with Gasteiger partial charge in [-0.25, -0.2) is 0 Å². The molecule has 2 atom stereocenters. The van der Waals surface area contributed by atoms with Gasteiger partial charge in [-0.15, -0.1) is 0 Å². The molecule has 0 fully saturated rings. The second-order valence-electron chi connectivity index (χ2n) is 3.40. The quantitative estimate of drug-likeness (QED) is 0.655. The van der Waals surface area contributed by atoms with Crippen LogP contribution < -0.4 is 5.32 Å². The van der Waals surface area contributed by atoms with Crippen LogP contribution in [0.1, 0.15) is 19.8 Å². The number of carbonyl (C=O) groups excluding carboxylic acids is 1. The second-order valence-corrected chi connectivity index (χ2v) is 3.40. The fourth-order valence-corrected chi connectivity index (χ4v) is 1.60. The van der Waals surface area contributed by atoms with E-state index in [2.05, 4.69) is 5.32 Å². The van der Waals surface area contributed by atoms with E-state index >= 15 is 0 Å². The molecule has 1 aliphatic carbocycles. The van der Waals surface area contributed by atoms with Gasteiger partial charge in [-0.05, 0) is 12.8 Å². The van der Waals surface area contributed by atoms with Crippen molar-refractivity contribution >= 4 is 5.91 Å². The van der Waals surface area contributed by atoms with Crippen LogP contribution >= 0.6 is 0 Å². The lowest BCUT2D eigenvalue weighted by atomic mass is 9.88. The van der Waals surface area contributed by atoms with Crippen LogP contribution in [0.4, 0.5) is 13.2 Å². The first kappa shape index (κ1) is 11.1. The summed E-state index contributed by atoms with van der Waals surface area (Å²) in [5.41, 5.74) is 0. The molecular weight excluding hydrogens is 195 g/mol. The van der Waals surface area contributed by atoms with Crippen LogP contribution in [-0.4, -0.2) is 18.1 Å². The molecule has 80 valence electrons. The Kier molecular flexibility index (Phi) is 3.18. The van der Waals surface area contributed by atoms with Crippen LogP contribution in [0.15, 0.2) is 12.2 Å². The molecule has 0 aromatic rings. The zero-order valence-corrected chi connectivity index (χ0v) is 7.77. The third-order valence-corrected chi connectivity index (χ3v) is 2.24. The van der Waals surface area contributed by atoms with E-state index in [1.54, 1.807) is 6.08 Å². The highest BCUT2D eigenvalue weighted by molar-refractivity contribution is 5.73. The average molecular weight is 207 g/mol. The minimum atomic E-state index is -4.24. The first-order valence-electron chi connectivity index (χ1n) is 4.40. The van der Waals surface area contributed by atoms with E-state index in [9.17, 15) is 18.0 Å². The average Bonchev–Trinajstić information content (AvgIpc) is 2.01. The van der Waals surface area contributed by atoms with Crippen LogP contribution in [0.25, 0.3) is 0 Å². The number of alkyl halides is 3. The van der Waals surface area contributed by atoms with Gasteiger partial charge in [0.1, 0.15) is 0 Å². The Morgan fingerprint density at radius 1 is 1.36 bits per heavy atom. The fraction of sp³-hybridized carbons (Fsp3) is 0.667. The maximum absolute atomic E-state index is 12.5. The number of nitrogens with one attached hydrogen (secondary N) is 1. The first-order valence-corrected chi connectivity index (χ1v) is 4.40. The lowest BCUT2D eigenvalue weighted by Gasteiger charge is -2.30. The molecular formula is C9H12F3NO. The molecule has 1 N–H and O–H groups in total.